The van der Waals surface area contributed by atoms with Gasteiger partial charge in [-0.25, -0.2) is 0 Å². The Balaban J connectivity index is 1.75. The predicted molar refractivity (Wildman–Crippen MR) is 66.8 cm³/mol. The zero-order valence-electron chi connectivity index (χ0n) is 10.8. The second-order valence-electron chi connectivity index (χ2n) is 5.04. The fourth-order valence-electron chi connectivity index (χ4n) is 2.98. The normalized spacial score (nSPS) is 31.1. The molecule has 0 aromatic rings. The highest BCUT2D eigenvalue weighted by molar-refractivity contribution is 5.72. The zero-order chi connectivity index (χ0) is 12.1. The summed E-state index contributed by atoms with van der Waals surface area (Å²) in [6.45, 7) is 6.93. The number of hydrogen-bond acceptors (Lipinski definition) is 4. The van der Waals surface area contributed by atoms with Crippen molar-refractivity contribution < 1.29 is 9.53 Å². The van der Waals surface area contributed by atoms with E-state index in [1.807, 2.05) is 6.92 Å². The Morgan fingerprint density at radius 3 is 2.47 bits per heavy atom. The van der Waals surface area contributed by atoms with E-state index in [2.05, 4.69) is 10.2 Å². The van der Waals surface area contributed by atoms with Crippen LogP contribution in [-0.2, 0) is 9.53 Å². The van der Waals surface area contributed by atoms with Crippen LogP contribution in [0.4, 0.5) is 0 Å². The molecule has 1 heterocycles. The smallest absolute Gasteiger partial charge is 0.308 e. The molecule has 2 aliphatic rings. The molecule has 0 radical (unpaired) electrons. The van der Waals surface area contributed by atoms with Gasteiger partial charge in [0.1, 0.15) is 0 Å². The van der Waals surface area contributed by atoms with Crippen LogP contribution in [0.3, 0.4) is 0 Å². The Morgan fingerprint density at radius 1 is 1.24 bits per heavy atom. The van der Waals surface area contributed by atoms with Crippen molar-refractivity contribution in [1.82, 2.24) is 10.2 Å². The summed E-state index contributed by atoms with van der Waals surface area (Å²) < 4.78 is 5.10. The minimum absolute atomic E-state index is 0.0197. The summed E-state index contributed by atoms with van der Waals surface area (Å²) in [4.78, 5) is 14.2. The van der Waals surface area contributed by atoms with Crippen molar-refractivity contribution in [3.63, 3.8) is 0 Å². The molecule has 0 unspecified atom stereocenters. The van der Waals surface area contributed by atoms with Crippen molar-refractivity contribution in [2.24, 2.45) is 5.92 Å². The molecule has 1 saturated heterocycles. The molecule has 1 saturated carbocycles. The number of ether oxygens (including phenoxy) is 1. The van der Waals surface area contributed by atoms with Gasteiger partial charge in [0.05, 0.1) is 12.5 Å². The topological polar surface area (TPSA) is 41.6 Å². The summed E-state index contributed by atoms with van der Waals surface area (Å²) in [6.07, 6.45) is 4.33. The summed E-state index contributed by atoms with van der Waals surface area (Å²) in [5.74, 6) is 0.181. The molecular weight excluding hydrogens is 216 g/mol. The minimum Gasteiger partial charge on any atom is -0.466 e. The molecule has 0 amide bonds. The van der Waals surface area contributed by atoms with Crippen LogP contribution < -0.4 is 5.32 Å². The van der Waals surface area contributed by atoms with E-state index in [4.69, 9.17) is 4.74 Å². The van der Waals surface area contributed by atoms with E-state index >= 15 is 0 Å². The van der Waals surface area contributed by atoms with Gasteiger partial charge in [0.2, 0.25) is 0 Å². The maximum absolute atomic E-state index is 11.6. The molecule has 0 bridgehead atoms. The number of carbonyl (C=O) groups excluding carboxylic acids is 1. The second-order valence-corrected chi connectivity index (χ2v) is 5.04. The highest BCUT2D eigenvalue weighted by Gasteiger charge is 2.30. The largest absolute Gasteiger partial charge is 0.466 e. The van der Waals surface area contributed by atoms with Gasteiger partial charge < -0.3 is 10.1 Å². The van der Waals surface area contributed by atoms with Crippen molar-refractivity contribution in [1.29, 1.82) is 0 Å². The number of nitrogens with zero attached hydrogens (tertiary/aromatic N) is 1. The van der Waals surface area contributed by atoms with Gasteiger partial charge in [0.25, 0.3) is 0 Å². The maximum Gasteiger partial charge on any atom is 0.308 e. The fourth-order valence-corrected chi connectivity index (χ4v) is 2.98. The Bertz CT molecular complexity index is 244. The quantitative estimate of drug-likeness (QED) is 0.748. The monoisotopic (exact) mass is 240 g/mol. The lowest BCUT2D eigenvalue weighted by molar-refractivity contribution is -0.149. The number of carbonyl (C=O) groups is 1. The van der Waals surface area contributed by atoms with Gasteiger partial charge in [-0.05, 0) is 32.6 Å². The van der Waals surface area contributed by atoms with E-state index in [9.17, 15) is 4.79 Å². The molecule has 2 fully saturated rings. The van der Waals surface area contributed by atoms with Gasteiger partial charge in [-0.2, -0.15) is 0 Å². The lowest BCUT2D eigenvalue weighted by Gasteiger charge is -2.38. The first-order chi connectivity index (χ1) is 8.31. The maximum atomic E-state index is 11.6. The van der Waals surface area contributed by atoms with E-state index in [1.165, 1.54) is 0 Å². The van der Waals surface area contributed by atoms with Crippen LogP contribution in [0.5, 0.6) is 0 Å². The van der Waals surface area contributed by atoms with E-state index in [1.54, 1.807) is 0 Å². The first-order valence-electron chi connectivity index (χ1n) is 6.92. The highest BCUT2D eigenvalue weighted by atomic mass is 16.5. The molecule has 1 aliphatic carbocycles. The third-order valence-electron chi connectivity index (χ3n) is 3.98. The lowest BCUT2D eigenvalue weighted by atomic mass is 9.85. The van der Waals surface area contributed by atoms with Crippen molar-refractivity contribution in [3.8, 4) is 0 Å². The molecule has 1 N–H and O–H groups in total. The summed E-state index contributed by atoms with van der Waals surface area (Å²) in [5, 5.41) is 3.38. The molecule has 0 aromatic heterocycles. The Hall–Kier alpha value is -0.610. The average molecular weight is 240 g/mol. The van der Waals surface area contributed by atoms with Crippen LogP contribution in [0.15, 0.2) is 0 Å². The number of hydrogen-bond donors (Lipinski definition) is 1. The van der Waals surface area contributed by atoms with Crippen LogP contribution in [0.2, 0.25) is 0 Å². The molecule has 0 atom stereocenters. The van der Waals surface area contributed by atoms with Gasteiger partial charge in [-0.3, -0.25) is 9.69 Å². The summed E-state index contributed by atoms with van der Waals surface area (Å²) in [7, 11) is 0. The third kappa shape index (κ3) is 3.42. The van der Waals surface area contributed by atoms with E-state index in [0.717, 1.165) is 51.9 Å². The SMILES string of the molecule is CCOC(=O)C1CCC(N2CCNCC2)CC1. The third-order valence-corrected chi connectivity index (χ3v) is 3.98. The van der Waals surface area contributed by atoms with Gasteiger partial charge in [0.15, 0.2) is 0 Å². The van der Waals surface area contributed by atoms with Crippen LogP contribution in [0.25, 0.3) is 0 Å². The highest BCUT2D eigenvalue weighted by Crippen LogP contribution is 2.28. The number of nitrogens with one attached hydrogen (secondary N) is 1. The van der Waals surface area contributed by atoms with E-state index in [-0.39, 0.29) is 11.9 Å². The molecule has 0 aromatic carbocycles. The Morgan fingerprint density at radius 2 is 1.88 bits per heavy atom. The molecule has 0 spiro atoms. The van der Waals surface area contributed by atoms with Crippen LogP contribution >= 0.6 is 0 Å². The Labute approximate surface area is 104 Å². The summed E-state index contributed by atoms with van der Waals surface area (Å²) >= 11 is 0. The van der Waals surface area contributed by atoms with Gasteiger partial charge in [-0.15, -0.1) is 0 Å². The molecule has 17 heavy (non-hydrogen) atoms. The van der Waals surface area contributed by atoms with Gasteiger partial charge >= 0.3 is 5.97 Å². The number of rotatable bonds is 3. The van der Waals surface area contributed by atoms with Crippen LogP contribution in [0.1, 0.15) is 32.6 Å². The summed E-state index contributed by atoms with van der Waals surface area (Å²) in [5.41, 5.74) is 0. The first kappa shape index (κ1) is 12.8. The molecule has 2 rings (SSSR count). The molecular formula is C13H24N2O2. The van der Waals surface area contributed by atoms with Crippen molar-refractivity contribution in [3.05, 3.63) is 0 Å². The standard InChI is InChI=1S/C13H24N2O2/c1-2-17-13(16)11-3-5-12(6-4-11)15-9-7-14-8-10-15/h11-12,14H,2-10H2,1H3. The van der Waals surface area contributed by atoms with Crippen molar-refractivity contribution in [2.75, 3.05) is 32.8 Å². The molecule has 4 nitrogen and oxygen atoms in total. The minimum atomic E-state index is 0.0197. The van der Waals surface area contributed by atoms with Crippen molar-refractivity contribution >= 4 is 5.97 Å². The first-order valence-corrected chi connectivity index (χ1v) is 6.92. The average Bonchev–Trinajstić information content (AvgIpc) is 2.40. The number of esters is 1. The van der Waals surface area contributed by atoms with Gasteiger partial charge in [-0.1, -0.05) is 0 Å². The number of piperazine rings is 1. The molecule has 98 valence electrons. The predicted octanol–water partition coefficient (Wildman–Crippen LogP) is 1.01. The van der Waals surface area contributed by atoms with Crippen molar-refractivity contribution in [2.45, 2.75) is 38.6 Å². The fraction of sp³-hybridized carbons (Fsp3) is 0.923. The summed E-state index contributed by atoms with van der Waals surface area (Å²) in [6, 6.07) is 0.697. The Kier molecular flexibility index (Phi) is 4.80. The van der Waals surface area contributed by atoms with E-state index in [0.29, 0.717) is 12.6 Å². The molecule has 1 aliphatic heterocycles. The van der Waals surface area contributed by atoms with Gasteiger partial charge in [0, 0.05) is 32.2 Å². The molecule has 4 heteroatoms. The van der Waals surface area contributed by atoms with E-state index < -0.39 is 0 Å². The van der Waals surface area contributed by atoms with Crippen LogP contribution in [-0.4, -0.2) is 49.7 Å². The zero-order valence-corrected chi connectivity index (χ0v) is 10.8. The lowest BCUT2D eigenvalue weighted by Crippen LogP contribution is -2.49. The second kappa shape index (κ2) is 6.36. The van der Waals surface area contributed by atoms with Crippen LogP contribution in [0, 0.1) is 5.92 Å².